The van der Waals surface area contributed by atoms with Gasteiger partial charge in [-0.3, -0.25) is 0 Å². The highest BCUT2D eigenvalue weighted by Crippen LogP contribution is 2.35. The molecule has 1 aliphatic rings. The largest absolute Gasteiger partial charge is 0.370 e. The van der Waals surface area contributed by atoms with Gasteiger partial charge in [0, 0.05) is 27.7 Å². The molecule has 0 fully saturated rings. The minimum absolute atomic E-state index is 0.610. The smallest absolute Gasteiger partial charge is 0.133 e. The van der Waals surface area contributed by atoms with Crippen LogP contribution in [0.5, 0.6) is 0 Å². The molecule has 5 heteroatoms. The van der Waals surface area contributed by atoms with Gasteiger partial charge < -0.3 is 5.32 Å². The third kappa shape index (κ3) is 3.34. The maximum absolute atomic E-state index is 6.23. The van der Waals surface area contributed by atoms with E-state index in [1.54, 1.807) is 6.07 Å². The standard InChI is InChI=1S/C21H21Cl2N3/c1-13-7-14(2)9-15(8-13)20-19-5-3-4-6-24-21(19)26(25-20)18-11-16(22)10-17(23)12-18/h7-12,24H,3-6H2,1-2H3. The maximum Gasteiger partial charge on any atom is 0.133 e. The van der Waals surface area contributed by atoms with Crippen LogP contribution in [0.25, 0.3) is 16.9 Å². The molecule has 0 unspecified atom stereocenters. The van der Waals surface area contributed by atoms with Crippen molar-refractivity contribution >= 4 is 29.0 Å². The van der Waals surface area contributed by atoms with Gasteiger partial charge in [-0.05, 0) is 63.4 Å². The monoisotopic (exact) mass is 385 g/mol. The molecule has 3 nitrogen and oxygen atoms in total. The zero-order chi connectivity index (χ0) is 18.3. The summed E-state index contributed by atoms with van der Waals surface area (Å²) in [4.78, 5) is 0. The molecular weight excluding hydrogens is 365 g/mol. The summed E-state index contributed by atoms with van der Waals surface area (Å²) in [5.74, 6) is 1.05. The molecule has 0 aliphatic carbocycles. The van der Waals surface area contributed by atoms with Crippen molar-refractivity contribution in [2.24, 2.45) is 0 Å². The summed E-state index contributed by atoms with van der Waals surface area (Å²) in [6.07, 6.45) is 3.32. The number of aryl methyl sites for hydroxylation is 2. The van der Waals surface area contributed by atoms with E-state index < -0.39 is 0 Å². The topological polar surface area (TPSA) is 29.9 Å². The summed E-state index contributed by atoms with van der Waals surface area (Å²) in [5, 5.41) is 9.76. The van der Waals surface area contributed by atoms with Crippen molar-refractivity contribution < 1.29 is 0 Å². The SMILES string of the molecule is Cc1cc(C)cc(-c2nn(-c3cc(Cl)cc(Cl)c3)c3c2CCCCN3)c1. The molecule has 4 rings (SSSR count). The Labute approximate surface area is 163 Å². The van der Waals surface area contributed by atoms with Crippen molar-refractivity contribution in [1.29, 1.82) is 0 Å². The van der Waals surface area contributed by atoms with Gasteiger partial charge in [-0.1, -0.05) is 40.4 Å². The van der Waals surface area contributed by atoms with E-state index >= 15 is 0 Å². The van der Waals surface area contributed by atoms with Gasteiger partial charge in [0.2, 0.25) is 0 Å². The average Bonchev–Trinajstić information content (AvgIpc) is 2.75. The van der Waals surface area contributed by atoms with Crippen LogP contribution in [0.2, 0.25) is 10.0 Å². The molecule has 0 saturated heterocycles. The third-order valence-electron chi connectivity index (χ3n) is 4.72. The second-order valence-corrected chi connectivity index (χ2v) is 7.85. The Hall–Kier alpha value is -1.97. The number of rotatable bonds is 2. The quantitative estimate of drug-likeness (QED) is 0.567. The molecule has 2 aromatic carbocycles. The van der Waals surface area contributed by atoms with E-state index in [1.165, 1.54) is 16.7 Å². The Morgan fingerprint density at radius 2 is 1.62 bits per heavy atom. The normalized spacial score (nSPS) is 13.8. The number of nitrogens with zero attached hydrogens (tertiary/aromatic N) is 2. The van der Waals surface area contributed by atoms with Gasteiger partial charge in [0.05, 0.1) is 11.4 Å². The van der Waals surface area contributed by atoms with Crippen LogP contribution < -0.4 is 5.32 Å². The molecular formula is C21H21Cl2N3. The first kappa shape index (κ1) is 17.4. The van der Waals surface area contributed by atoms with E-state index in [-0.39, 0.29) is 0 Å². The first-order valence-electron chi connectivity index (χ1n) is 8.92. The molecule has 1 N–H and O–H groups in total. The lowest BCUT2D eigenvalue weighted by Gasteiger charge is -2.10. The van der Waals surface area contributed by atoms with Crippen LogP contribution in [0.3, 0.4) is 0 Å². The van der Waals surface area contributed by atoms with Crippen LogP contribution in [0.15, 0.2) is 36.4 Å². The fourth-order valence-corrected chi connectivity index (χ4v) is 4.21. The number of anilines is 1. The van der Waals surface area contributed by atoms with Crippen molar-refractivity contribution in [3.05, 3.63) is 63.1 Å². The molecule has 134 valence electrons. The number of fused-ring (bicyclic) bond motifs is 1. The predicted octanol–water partition coefficient (Wildman–Crippen LogP) is 6.21. The van der Waals surface area contributed by atoms with Gasteiger partial charge in [0.1, 0.15) is 5.82 Å². The first-order valence-corrected chi connectivity index (χ1v) is 9.68. The van der Waals surface area contributed by atoms with Crippen molar-refractivity contribution in [3.63, 3.8) is 0 Å². The summed E-state index contributed by atoms with van der Waals surface area (Å²) in [6, 6.07) is 12.1. The minimum Gasteiger partial charge on any atom is -0.370 e. The van der Waals surface area contributed by atoms with Crippen LogP contribution >= 0.6 is 23.2 Å². The summed E-state index contributed by atoms with van der Waals surface area (Å²) in [7, 11) is 0. The van der Waals surface area contributed by atoms with E-state index in [0.717, 1.165) is 48.6 Å². The minimum atomic E-state index is 0.610. The van der Waals surface area contributed by atoms with E-state index in [1.807, 2.05) is 16.8 Å². The highest BCUT2D eigenvalue weighted by molar-refractivity contribution is 6.34. The summed E-state index contributed by atoms with van der Waals surface area (Å²) < 4.78 is 1.95. The van der Waals surface area contributed by atoms with Crippen LogP contribution in [0.1, 0.15) is 29.5 Å². The van der Waals surface area contributed by atoms with Crippen LogP contribution in [-0.2, 0) is 6.42 Å². The molecule has 0 spiro atoms. The van der Waals surface area contributed by atoms with Crippen molar-refractivity contribution in [2.45, 2.75) is 33.1 Å². The lowest BCUT2D eigenvalue weighted by Crippen LogP contribution is -2.07. The van der Waals surface area contributed by atoms with Gasteiger partial charge in [-0.15, -0.1) is 0 Å². The lowest BCUT2D eigenvalue weighted by atomic mass is 10.00. The van der Waals surface area contributed by atoms with Gasteiger partial charge in [0.25, 0.3) is 0 Å². The average molecular weight is 386 g/mol. The first-order chi connectivity index (χ1) is 12.5. The van der Waals surface area contributed by atoms with E-state index in [4.69, 9.17) is 28.3 Å². The molecule has 0 bridgehead atoms. The van der Waals surface area contributed by atoms with Crippen LogP contribution in [-0.4, -0.2) is 16.3 Å². The third-order valence-corrected chi connectivity index (χ3v) is 5.15. The fraction of sp³-hybridized carbons (Fsp3) is 0.286. The number of nitrogens with one attached hydrogen (secondary N) is 1. The zero-order valence-corrected chi connectivity index (χ0v) is 16.5. The molecule has 0 radical (unpaired) electrons. The molecule has 0 atom stereocenters. The van der Waals surface area contributed by atoms with Gasteiger partial charge >= 0.3 is 0 Å². The lowest BCUT2D eigenvalue weighted by molar-refractivity contribution is 0.780. The van der Waals surface area contributed by atoms with Crippen molar-refractivity contribution in [2.75, 3.05) is 11.9 Å². The molecule has 26 heavy (non-hydrogen) atoms. The van der Waals surface area contributed by atoms with Crippen LogP contribution in [0.4, 0.5) is 5.82 Å². The Morgan fingerprint density at radius 3 is 2.31 bits per heavy atom. The highest BCUT2D eigenvalue weighted by atomic mass is 35.5. The Balaban J connectivity index is 1.94. The van der Waals surface area contributed by atoms with Crippen molar-refractivity contribution in [1.82, 2.24) is 9.78 Å². The fourth-order valence-electron chi connectivity index (χ4n) is 3.69. The molecule has 0 amide bonds. The van der Waals surface area contributed by atoms with Gasteiger partial charge in [-0.25, -0.2) is 4.68 Å². The van der Waals surface area contributed by atoms with E-state index in [0.29, 0.717) is 10.0 Å². The summed E-state index contributed by atoms with van der Waals surface area (Å²) in [5.41, 5.74) is 6.84. The Bertz CT molecular complexity index is 859. The van der Waals surface area contributed by atoms with E-state index in [2.05, 4.69) is 37.4 Å². The molecule has 1 aromatic heterocycles. The van der Waals surface area contributed by atoms with Gasteiger partial charge in [0.15, 0.2) is 0 Å². The number of benzene rings is 2. The summed E-state index contributed by atoms with van der Waals surface area (Å²) in [6.45, 7) is 5.20. The second kappa shape index (κ2) is 6.98. The van der Waals surface area contributed by atoms with Crippen LogP contribution in [0, 0.1) is 13.8 Å². The molecule has 3 aromatic rings. The van der Waals surface area contributed by atoms with Gasteiger partial charge in [-0.2, -0.15) is 5.10 Å². The number of aromatic nitrogens is 2. The Kier molecular flexibility index (Phi) is 4.68. The molecule has 0 saturated carbocycles. The Morgan fingerprint density at radius 1 is 0.923 bits per heavy atom. The number of hydrogen-bond donors (Lipinski definition) is 1. The predicted molar refractivity (Wildman–Crippen MR) is 110 cm³/mol. The van der Waals surface area contributed by atoms with Crippen molar-refractivity contribution in [3.8, 4) is 16.9 Å². The summed E-state index contributed by atoms with van der Waals surface area (Å²) >= 11 is 12.5. The number of hydrogen-bond acceptors (Lipinski definition) is 2. The maximum atomic E-state index is 6.23. The second-order valence-electron chi connectivity index (χ2n) is 6.98. The number of halogens is 2. The highest BCUT2D eigenvalue weighted by Gasteiger charge is 2.22. The zero-order valence-electron chi connectivity index (χ0n) is 14.9. The molecule has 1 aliphatic heterocycles. The molecule has 2 heterocycles. The van der Waals surface area contributed by atoms with E-state index in [9.17, 15) is 0 Å².